The number of hydrogen-bond acceptors (Lipinski definition) is 2. The summed E-state index contributed by atoms with van der Waals surface area (Å²) in [6.07, 6.45) is 6.83. The smallest absolute Gasteiger partial charge is 0.176 e. The Bertz CT molecular complexity index is 459. The van der Waals surface area contributed by atoms with Gasteiger partial charge in [-0.05, 0) is 74.8 Å². The van der Waals surface area contributed by atoms with Crippen molar-refractivity contribution in [2.75, 3.05) is 0 Å². The quantitative estimate of drug-likeness (QED) is 0.724. The van der Waals surface area contributed by atoms with Gasteiger partial charge in [-0.1, -0.05) is 0 Å². The molecule has 0 unspecified atom stereocenters. The lowest BCUT2D eigenvalue weighted by atomic mass is 9.51. The van der Waals surface area contributed by atoms with Crippen molar-refractivity contribution in [2.45, 2.75) is 39.0 Å². The molecule has 18 heavy (non-hydrogen) atoms. The third kappa shape index (κ3) is 1.61. The second-order valence-electron chi connectivity index (χ2n) is 6.73. The monoisotopic (exact) mass is 260 g/mol. The van der Waals surface area contributed by atoms with Crippen molar-refractivity contribution in [3.05, 3.63) is 21.9 Å². The Balaban J connectivity index is 1.63. The maximum absolute atomic E-state index is 12.8. The van der Waals surface area contributed by atoms with E-state index in [9.17, 15) is 4.79 Å². The van der Waals surface area contributed by atoms with Crippen molar-refractivity contribution < 1.29 is 4.79 Å². The highest BCUT2D eigenvalue weighted by Crippen LogP contribution is 2.57. The van der Waals surface area contributed by atoms with Crippen molar-refractivity contribution in [2.24, 2.45) is 29.6 Å². The summed E-state index contributed by atoms with van der Waals surface area (Å²) >= 11 is 1.69. The molecule has 0 radical (unpaired) electrons. The molecule has 4 bridgehead atoms. The molecule has 1 aromatic rings. The predicted molar refractivity (Wildman–Crippen MR) is 73.9 cm³/mol. The number of hydrogen-bond donors (Lipinski definition) is 0. The highest BCUT2D eigenvalue weighted by molar-refractivity contribution is 7.14. The number of thiophene rings is 1. The highest BCUT2D eigenvalue weighted by Gasteiger charge is 2.50. The third-order valence-corrected chi connectivity index (χ3v) is 6.53. The number of carbonyl (C=O) groups excluding carboxylic acids is 1. The molecule has 4 fully saturated rings. The summed E-state index contributed by atoms with van der Waals surface area (Å²) in [5, 5.41) is 0. The third-order valence-electron chi connectivity index (χ3n) is 5.51. The predicted octanol–water partition coefficient (Wildman–Crippen LogP) is 4.31. The lowest BCUT2D eigenvalue weighted by Gasteiger charge is -2.53. The van der Waals surface area contributed by atoms with Gasteiger partial charge in [0, 0.05) is 10.8 Å². The molecule has 0 aliphatic heterocycles. The fraction of sp³-hybridized carbons (Fsp3) is 0.688. The largest absolute Gasteiger partial charge is 0.293 e. The summed E-state index contributed by atoms with van der Waals surface area (Å²) in [5.74, 6) is 4.20. The van der Waals surface area contributed by atoms with Crippen molar-refractivity contribution in [3.63, 3.8) is 0 Å². The van der Waals surface area contributed by atoms with Gasteiger partial charge in [-0.15, -0.1) is 11.3 Å². The molecule has 5 rings (SSSR count). The molecule has 4 saturated carbocycles. The minimum absolute atomic E-state index is 0.371. The van der Waals surface area contributed by atoms with E-state index in [1.807, 2.05) is 6.07 Å². The standard InChI is InChI=1S/C16H20OS/c1-9-2-3-14(18-9)16(17)15-12-5-10-4-11(7-12)8-13(15)6-10/h2-3,10-13,15H,4-8H2,1H3. The topological polar surface area (TPSA) is 17.1 Å². The maximum Gasteiger partial charge on any atom is 0.176 e. The first-order valence-electron chi connectivity index (χ1n) is 7.31. The van der Waals surface area contributed by atoms with E-state index in [4.69, 9.17) is 0 Å². The molecule has 0 N–H and O–H groups in total. The van der Waals surface area contributed by atoms with Crippen LogP contribution in [-0.4, -0.2) is 5.78 Å². The summed E-state index contributed by atoms with van der Waals surface area (Å²) in [4.78, 5) is 15.0. The number of ketones is 1. The first-order valence-corrected chi connectivity index (χ1v) is 8.13. The van der Waals surface area contributed by atoms with Gasteiger partial charge in [-0.25, -0.2) is 0 Å². The summed E-state index contributed by atoms with van der Waals surface area (Å²) in [7, 11) is 0. The second-order valence-corrected chi connectivity index (χ2v) is 8.02. The van der Waals surface area contributed by atoms with Crippen molar-refractivity contribution in [1.29, 1.82) is 0 Å². The molecular formula is C16H20OS. The van der Waals surface area contributed by atoms with Gasteiger partial charge < -0.3 is 0 Å². The van der Waals surface area contributed by atoms with Crippen LogP contribution in [0.25, 0.3) is 0 Å². The molecule has 0 saturated heterocycles. The number of carbonyl (C=O) groups is 1. The Morgan fingerprint density at radius 2 is 1.67 bits per heavy atom. The Labute approximate surface area is 113 Å². The van der Waals surface area contributed by atoms with E-state index in [1.54, 1.807) is 11.3 Å². The highest BCUT2D eigenvalue weighted by atomic mass is 32.1. The molecular weight excluding hydrogens is 240 g/mol. The average molecular weight is 260 g/mol. The van der Waals surface area contributed by atoms with Crippen LogP contribution in [0, 0.1) is 36.5 Å². The molecule has 1 heterocycles. The van der Waals surface area contributed by atoms with Crippen molar-refractivity contribution >= 4 is 17.1 Å². The van der Waals surface area contributed by atoms with E-state index < -0.39 is 0 Å². The lowest BCUT2D eigenvalue weighted by Crippen LogP contribution is -2.47. The Hall–Kier alpha value is -0.630. The van der Waals surface area contributed by atoms with Crippen LogP contribution in [-0.2, 0) is 0 Å². The van der Waals surface area contributed by atoms with Crippen LogP contribution >= 0.6 is 11.3 Å². The number of rotatable bonds is 2. The molecule has 1 aromatic heterocycles. The van der Waals surface area contributed by atoms with E-state index in [0.717, 1.165) is 28.5 Å². The van der Waals surface area contributed by atoms with Crippen molar-refractivity contribution in [3.8, 4) is 0 Å². The lowest BCUT2D eigenvalue weighted by molar-refractivity contribution is -0.0249. The molecule has 4 aliphatic rings. The molecule has 0 amide bonds. The molecule has 0 aromatic carbocycles. The van der Waals surface area contributed by atoms with E-state index in [1.165, 1.54) is 37.0 Å². The molecule has 0 atom stereocenters. The van der Waals surface area contributed by atoms with Crippen LogP contribution in [0.4, 0.5) is 0 Å². The first kappa shape index (κ1) is 11.2. The molecule has 1 nitrogen and oxygen atoms in total. The zero-order valence-electron chi connectivity index (χ0n) is 10.9. The zero-order chi connectivity index (χ0) is 12.3. The Kier molecular flexibility index (Phi) is 2.45. The van der Waals surface area contributed by atoms with Crippen LogP contribution in [0.5, 0.6) is 0 Å². The van der Waals surface area contributed by atoms with Gasteiger partial charge in [-0.3, -0.25) is 4.79 Å². The van der Waals surface area contributed by atoms with E-state index in [2.05, 4.69) is 13.0 Å². The van der Waals surface area contributed by atoms with Crippen LogP contribution in [0.15, 0.2) is 12.1 Å². The van der Waals surface area contributed by atoms with E-state index in [0.29, 0.717) is 11.7 Å². The summed E-state index contributed by atoms with van der Waals surface area (Å²) < 4.78 is 0. The zero-order valence-corrected chi connectivity index (χ0v) is 11.7. The first-order chi connectivity index (χ1) is 8.70. The maximum atomic E-state index is 12.8. The summed E-state index contributed by atoms with van der Waals surface area (Å²) in [6, 6.07) is 4.14. The van der Waals surface area contributed by atoms with Gasteiger partial charge in [0.2, 0.25) is 0 Å². The molecule has 2 heteroatoms. The van der Waals surface area contributed by atoms with E-state index >= 15 is 0 Å². The molecule has 96 valence electrons. The minimum Gasteiger partial charge on any atom is -0.293 e. The molecule has 4 aliphatic carbocycles. The number of aryl methyl sites for hydroxylation is 1. The van der Waals surface area contributed by atoms with E-state index in [-0.39, 0.29) is 0 Å². The average Bonchev–Trinajstić information content (AvgIpc) is 2.74. The Morgan fingerprint density at radius 1 is 1.06 bits per heavy atom. The molecule has 0 spiro atoms. The fourth-order valence-electron chi connectivity index (χ4n) is 5.08. The van der Waals surface area contributed by atoms with Crippen LogP contribution < -0.4 is 0 Å². The van der Waals surface area contributed by atoms with Gasteiger partial charge >= 0.3 is 0 Å². The van der Waals surface area contributed by atoms with Gasteiger partial charge in [0.15, 0.2) is 5.78 Å². The second kappa shape index (κ2) is 3.93. The fourth-order valence-corrected chi connectivity index (χ4v) is 5.94. The van der Waals surface area contributed by atoms with Crippen molar-refractivity contribution in [1.82, 2.24) is 0 Å². The van der Waals surface area contributed by atoms with Gasteiger partial charge in [-0.2, -0.15) is 0 Å². The SMILES string of the molecule is Cc1ccc(C(=O)C2C3CC4CC(C3)CC2C4)s1. The van der Waals surface area contributed by atoms with Gasteiger partial charge in [0.05, 0.1) is 4.88 Å². The van der Waals surface area contributed by atoms with Crippen LogP contribution in [0.3, 0.4) is 0 Å². The summed E-state index contributed by atoms with van der Waals surface area (Å²) in [5.41, 5.74) is 0. The normalized spacial score (nSPS) is 41.3. The van der Waals surface area contributed by atoms with Crippen LogP contribution in [0.2, 0.25) is 0 Å². The number of Topliss-reactive ketones (excluding diaryl/α,β-unsaturated/α-hetero) is 1. The van der Waals surface area contributed by atoms with Gasteiger partial charge in [0.25, 0.3) is 0 Å². The Morgan fingerprint density at radius 3 is 2.17 bits per heavy atom. The van der Waals surface area contributed by atoms with Crippen LogP contribution in [0.1, 0.15) is 46.7 Å². The minimum atomic E-state index is 0.371. The van der Waals surface area contributed by atoms with Gasteiger partial charge in [0.1, 0.15) is 0 Å². The summed E-state index contributed by atoms with van der Waals surface area (Å²) in [6.45, 7) is 2.10.